The van der Waals surface area contributed by atoms with Gasteiger partial charge in [0.15, 0.2) is 0 Å². The van der Waals surface area contributed by atoms with Crippen molar-refractivity contribution in [2.75, 3.05) is 19.6 Å². The third-order valence-corrected chi connectivity index (χ3v) is 3.05. The van der Waals surface area contributed by atoms with Crippen molar-refractivity contribution < 1.29 is 4.79 Å². The summed E-state index contributed by atoms with van der Waals surface area (Å²) in [5.74, 6) is 0.655. The number of carbonyl (C=O) groups is 1. The number of nitrogens with one attached hydrogen (secondary N) is 2. The van der Waals surface area contributed by atoms with E-state index in [1.54, 1.807) is 0 Å². The van der Waals surface area contributed by atoms with Crippen molar-refractivity contribution in [3.63, 3.8) is 0 Å². The molecule has 0 aliphatic heterocycles. The lowest BCUT2D eigenvalue weighted by molar-refractivity contribution is -0.118. The molecular formula is C11H24ClN3O. The minimum Gasteiger partial charge on any atom is -0.355 e. The van der Waals surface area contributed by atoms with Gasteiger partial charge in [0.2, 0.25) is 5.91 Å². The van der Waals surface area contributed by atoms with Gasteiger partial charge < -0.3 is 16.4 Å². The molecule has 0 spiro atoms. The fourth-order valence-corrected chi connectivity index (χ4v) is 2.10. The van der Waals surface area contributed by atoms with Gasteiger partial charge in [0.1, 0.15) is 0 Å². The molecule has 0 radical (unpaired) electrons. The van der Waals surface area contributed by atoms with Gasteiger partial charge in [-0.1, -0.05) is 12.8 Å². The van der Waals surface area contributed by atoms with Gasteiger partial charge in [0, 0.05) is 26.1 Å². The molecule has 4 nitrogen and oxygen atoms in total. The third-order valence-electron chi connectivity index (χ3n) is 3.05. The predicted octanol–water partition coefficient (Wildman–Crippen LogP) is 0.651. The van der Waals surface area contributed by atoms with E-state index in [-0.39, 0.29) is 18.3 Å². The zero-order chi connectivity index (χ0) is 11.1. The van der Waals surface area contributed by atoms with Crippen molar-refractivity contribution in [3.8, 4) is 0 Å². The Morgan fingerprint density at radius 3 is 2.62 bits per heavy atom. The Morgan fingerprint density at radius 1 is 1.31 bits per heavy atom. The highest BCUT2D eigenvalue weighted by Gasteiger charge is 2.20. The van der Waals surface area contributed by atoms with Crippen LogP contribution in [0.25, 0.3) is 0 Å². The second-order valence-corrected chi connectivity index (χ2v) is 4.40. The second kappa shape index (κ2) is 8.79. The summed E-state index contributed by atoms with van der Waals surface area (Å²) >= 11 is 0. The molecule has 0 aromatic heterocycles. The average molecular weight is 250 g/mol. The molecule has 0 aromatic carbocycles. The number of halogens is 1. The lowest BCUT2D eigenvalue weighted by Gasteiger charge is -2.28. The first-order chi connectivity index (χ1) is 7.20. The normalized spacial score (nSPS) is 24.6. The smallest absolute Gasteiger partial charge is 0.216 e. The van der Waals surface area contributed by atoms with Crippen LogP contribution in [0.15, 0.2) is 0 Å². The Morgan fingerprint density at radius 2 is 2.00 bits per heavy atom. The molecular weight excluding hydrogens is 226 g/mol. The molecule has 1 saturated carbocycles. The molecule has 5 heteroatoms. The number of carbonyl (C=O) groups excluding carboxylic acids is 1. The van der Waals surface area contributed by atoms with Crippen LogP contribution in [0.2, 0.25) is 0 Å². The number of hydrogen-bond acceptors (Lipinski definition) is 3. The number of rotatable bonds is 5. The fourth-order valence-electron chi connectivity index (χ4n) is 2.10. The predicted molar refractivity (Wildman–Crippen MR) is 68.7 cm³/mol. The average Bonchev–Trinajstić information content (AvgIpc) is 2.20. The second-order valence-electron chi connectivity index (χ2n) is 4.40. The minimum absolute atomic E-state index is 0. The first-order valence-corrected chi connectivity index (χ1v) is 5.91. The molecule has 96 valence electrons. The van der Waals surface area contributed by atoms with Crippen LogP contribution in [0.1, 0.15) is 32.6 Å². The summed E-state index contributed by atoms with van der Waals surface area (Å²) < 4.78 is 0. The van der Waals surface area contributed by atoms with Gasteiger partial charge in [-0.05, 0) is 25.3 Å². The molecule has 1 aliphatic carbocycles. The van der Waals surface area contributed by atoms with Crippen LogP contribution in [-0.2, 0) is 4.79 Å². The van der Waals surface area contributed by atoms with Gasteiger partial charge in [-0.3, -0.25) is 4.79 Å². The topological polar surface area (TPSA) is 67.2 Å². The SMILES string of the molecule is CC(=O)NCCNC[C@@H]1CCCCC1N.Cl. The maximum absolute atomic E-state index is 10.6. The Labute approximate surface area is 104 Å². The molecule has 0 heterocycles. The van der Waals surface area contributed by atoms with Crippen molar-refractivity contribution in [1.82, 2.24) is 10.6 Å². The number of hydrogen-bond donors (Lipinski definition) is 3. The molecule has 1 fully saturated rings. The highest BCUT2D eigenvalue weighted by atomic mass is 35.5. The van der Waals surface area contributed by atoms with Gasteiger partial charge in [0.25, 0.3) is 0 Å². The summed E-state index contributed by atoms with van der Waals surface area (Å²) in [4.78, 5) is 10.6. The zero-order valence-electron chi connectivity index (χ0n) is 10.00. The van der Waals surface area contributed by atoms with Gasteiger partial charge in [-0.25, -0.2) is 0 Å². The van der Waals surface area contributed by atoms with E-state index in [0.717, 1.165) is 19.5 Å². The highest BCUT2D eigenvalue weighted by molar-refractivity contribution is 5.85. The summed E-state index contributed by atoms with van der Waals surface area (Å²) in [5.41, 5.74) is 6.03. The van der Waals surface area contributed by atoms with Crippen LogP contribution < -0.4 is 16.4 Å². The molecule has 16 heavy (non-hydrogen) atoms. The molecule has 4 N–H and O–H groups in total. The molecule has 0 bridgehead atoms. The molecule has 1 rings (SSSR count). The van der Waals surface area contributed by atoms with Crippen LogP contribution >= 0.6 is 12.4 Å². The Kier molecular flexibility index (Phi) is 8.61. The van der Waals surface area contributed by atoms with E-state index >= 15 is 0 Å². The summed E-state index contributed by atoms with van der Waals surface area (Å²) in [6.45, 7) is 4.07. The first kappa shape index (κ1) is 15.7. The highest BCUT2D eigenvalue weighted by Crippen LogP contribution is 2.21. The summed E-state index contributed by atoms with van der Waals surface area (Å²) in [6.07, 6.45) is 5.00. The third kappa shape index (κ3) is 6.30. The van der Waals surface area contributed by atoms with E-state index in [9.17, 15) is 4.79 Å². The van der Waals surface area contributed by atoms with Gasteiger partial charge in [0.05, 0.1) is 0 Å². The molecule has 2 atom stereocenters. The number of amides is 1. The lowest BCUT2D eigenvalue weighted by Crippen LogP contribution is -2.41. The zero-order valence-corrected chi connectivity index (χ0v) is 10.8. The van der Waals surface area contributed by atoms with E-state index in [0.29, 0.717) is 18.5 Å². The van der Waals surface area contributed by atoms with E-state index in [2.05, 4.69) is 10.6 Å². The van der Waals surface area contributed by atoms with Crippen LogP contribution in [0, 0.1) is 5.92 Å². The standard InChI is InChI=1S/C11H23N3O.ClH/c1-9(15)14-7-6-13-8-10-4-2-3-5-11(10)12;/h10-11,13H,2-8,12H2,1H3,(H,14,15);1H/t10-,11?;/m0./s1. The Balaban J connectivity index is 0.00000225. The molecule has 0 aromatic rings. The van der Waals surface area contributed by atoms with Crippen LogP contribution in [0.3, 0.4) is 0 Å². The number of nitrogens with two attached hydrogens (primary N) is 1. The van der Waals surface area contributed by atoms with E-state index in [1.807, 2.05) is 0 Å². The van der Waals surface area contributed by atoms with Crippen molar-refractivity contribution in [1.29, 1.82) is 0 Å². The molecule has 1 aliphatic rings. The maximum Gasteiger partial charge on any atom is 0.216 e. The Hall–Kier alpha value is -0.320. The van der Waals surface area contributed by atoms with Crippen LogP contribution in [0.5, 0.6) is 0 Å². The Bertz CT molecular complexity index is 202. The molecule has 1 amide bonds. The lowest BCUT2D eigenvalue weighted by atomic mass is 9.85. The first-order valence-electron chi connectivity index (χ1n) is 5.91. The van der Waals surface area contributed by atoms with E-state index in [4.69, 9.17) is 5.73 Å². The van der Waals surface area contributed by atoms with Gasteiger partial charge in [-0.2, -0.15) is 0 Å². The fraction of sp³-hybridized carbons (Fsp3) is 0.909. The summed E-state index contributed by atoms with van der Waals surface area (Å²) in [7, 11) is 0. The van der Waals surface area contributed by atoms with Crippen molar-refractivity contribution >= 4 is 18.3 Å². The van der Waals surface area contributed by atoms with Crippen molar-refractivity contribution in [3.05, 3.63) is 0 Å². The maximum atomic E-state index is 10.6. The van der Waals surface area contributed by atoms with Gasteiger partial charge >= 0.3 is 0 Å². The summed E-state index contributed by atoms with van der Waals surface area (Å²) in [5, 5.41) is 6.11. The van der Waals surface area contributed by atoms with E-state index < -0.39 is 0 Å². The van der Waals surface area contributed by atoms with E-state index in [1.165, 1.54) is 26.2 Å². The van der Waals surface area contributed by atoms with Crippen LogP contribution in [-0.4, -0.2) is 31.6 Å². The van der Waals surface area contributed by atoms with Crippen molar-refractivity contribution in [2.45, 2.75) is 38.6 Å². The van der Waals surface area contributed by atoms with Crippen LogP contribution in [0.4, 0.5) is 0 Å². The van der Waals surface area contributed by atoms with Gasteiger partial charge in [-0.15, -0.1) is 12.4 Å². The monoisotopic (exact) mass is 249 g/mol. The largest absolute Gasteiger partial charge is 0.355 e. The molecule has 1 unspecified atom stereocenters. The summed E-state index contributed by atoms with van der Waals surface area (Å²) in [6, 6.07) is 0.368. The quantitative estimate of drug-likeness (QED) is 0.627. The minimum atomic E-state index is 0. The van der Waals surface area contributed by atoms with Crippen molar-refractivity contribution in [2.24, 2.45) is 11.7 Å². The molecule has 0 saturated heterocycles.